The molecule has 0 atom stereocenters. The smallest absolute Gasteiger partial charge is 0.261 e. The molecule has 1 aliphatic heterocycles. The largest absolute Gasteiger partial charge is 0.356 e. The number of thiazole rings is 1. The van der Waals surface area contributed by atoms with Gasteiger partial charge in [0, 0.05) is 24.7 Å². The van der Waals surface area contributed by atoms with Crippen molar-refractivity contribution in [2.45, 2.75) is 39.0 Å². The predicted octanol–water partition coefficient (Wildman–Crippen LogP) is 3.90. The summed E-state index contributed by atoms with van der Waals surface area (Å²) in [7, 11) is 0. The molecule has 0 spiro atoms. The summed E-state index contributed by atoms with van der Waals surface area (Å²) in [4.78, 5) is 23.8. The highest BCUT2D eigenvalue weighted by Gasteiger charge is 2.20. The van der Waals surface area contributed by atoms with Gasteiger partial charge in [-0.15, -0.1) is 11.3 Å². The molecule has 1 saturated heterocycles. The number of amides is 1. The Hall–Kier alpha value is -1.95. The number of carbonyl (C=O) groups is 1. The number of nitrogens with zero attached hydrogens (tertiary/aromatic N) is 3. The van der Waals surface area contributed by atoms with Crippen LogP contribution in [-0.4, -0.2) is 29.0 Å². The van der Waals surface area contributed by atoms with Crippen LogP contribution >= 0.6 is 11.3 Å². The maximum absolute atomic E-state index is 12.6. The number of carbonyl (C=O) groups excluding carboxylic acids is 1. The van der Waals surface area contributed by atoms with Crippen LogP contribution < -0.4 is 10.2 Å². The van der Waals surface area contributed by atoms with E-state index in [0.717, 1.165) is 37.4 Å². The summed E-state index contributed by atoms with van der Waals surface area (Å²) < 4.78 is 0. The van der Waals surface area contributed by atoms with Crippen LogP contribution in [0.5, 0.6) is 0 Å². The molecule has 1 fully saturated rings. The van der Waals surface area contributed by atoms with E-state index in [4.69, 9.17) is 0 Å². The predicted molar refractivity (Wildman–Crippen MR) is 94.5 cm³/mol. The fraction of sp³-hybridized carbons (Fsp3) is 0.471. The van der Waals surface area contributed by atoms with Crippen LogP contribution in [0.15, 0.2) is 23.7 Å². The number of rotatable bonds is 4. The Labute approximate surface area is 140 Å². The molecule has 3 heterocycles. The van der Waals surface area contributed by atoms with Crippen molar-refractivity contribution in [1.82, 2.24) is 9.97 Å². The van der Waals surface area contributed by atoms with Gasteiger partial charge in [0.15, 0.2) is 5.13 Å². The first-order chi connectivity index (χ1) is 11.1. The van der Waals surface area contributed by atoms with Gasteiger partial charge in [-0.25, -0.2) is 9.97 Å². The van der Waals surface area contributed by atoms with E-state index in [1.54, 1.807) is 6.20 Å². The summed E-state index contributed by atoms with van der Waals surface area (Å²) in [6, 6.07) is 3.65. The Morgan fingerprint density at radius 1 is 1.30 bits per heavy atom. The second-order valence-corrected chi connectivity index (χ2v) is 6.97. The van der Waals surface area contributed by atoms with Crippen molar-refractivity contribution in [1.29, 1.82) is 0 Å². The van der Waals surface area contributed by atoms with Crippen molar-refractivity contribution in [3.05, 3.63) is 35.0 Å². The van der Waals surface area contributed by atoms with E-state index < -0.39 is 0 Å². The minimum Gasteiger partial charge on any atom is -0.356 e. The van der Waals surface area contributed by atoms with Crippen LogP contribution in [0.3, 0.4) is 0 Å². The van der Waals surface area contributed by atoms with Gasteiger partial charge in [-0.05, 0) is 37.3 Å². The number of aromatic nitrogens is 2. The third-order valence-corrected chi connectivity index (χ3v) is 4.80. The standard InChI is InChI=1S/C17H22N4OS/c1-12(2)14-11-23-17(19-14)20-16(22)13-7-6-8-18-15(13)21-9-4-3-5-10-21/h6-8,11-12H,3-5,9-10H2,1-2H3,(H,19,20,22). The normalized spacial score (nSPS) is 15.0. The molecule has 0 aliphatic carbocycles. The highest BCUT2D eigenvalue weighted by molar-refractivity contribution is 7.14. The van der Waals surface area contributed by atoms with Crippen molar-refractivity contribution in [3.8, 4) is 0 Å². The molecule has 2 aromatic heterocycles. The fourth-order valence-corrected chi connectivity index (χ4v) is 3.57. The second kappa shape index (κ2) is 7.08. The molecule has 6 heteroatoms. The first-order valence-electron chi connectivity index (χ1n) is 8.12. The lowest BCUT2D eigenvalue weighted by Gasteiger charge is -2.28. The number of pyridine rings is 1. The number of hydrogen-bond acceptors (Lipinski definition) is 5. The monoisotopic (exact) mass is 330 g/mol. The Kier molecular flexibility index (Phi) is 4.91. The van der Waals surface area contributed by atoms with Crippen LogP contribution in [-0.2, 0) is 0 Å². The number of anilines is 2. The number of hydrogen-bond donors (Lipinski definition) is 1. The van der Waals surface area contributed by atoms with E-state index in [-0.39, 0.29) is 5.91 Å². The second-order valence-electron chi connectivity index (χ2n) is 6.11. The van der Waals surface area contributed by atoms with E-state index in [1.165, 1.54) is 17.8 Å². The van der Waals surface area contributed by atoms with Crippen LogP contribution in [0.4, 0.5) is 10.9 Å². The molecule has 2 aromatic rings. The summed E-state index contributed by atoms with van der Waals surface area (Å²) in [5.74, 6) is 1.01. The lowest BCUT2D eigenvalue weighted by atomic mass is 10.1. The average Bonchev–Trinajstić information content (AvgIpc) is 3.04. The summed E-state index contributed by atoms with van der Waals surface area (Å²) in [5.41, 5.74) is 1.63. The van der Waals surface area contributed by atoms with Gasteiger partial charge in [0.25, 0.3) is 5.91 Å². The van der Waals surface area contributed by atoms with Gasteiger partial charge in [0.05, 0.1) is 11.3 Å². The third kappa shape index (κ3) is 3.69. The summed E-state index contributed by atoms with van der Waals surface area (Å²) in [6.07, 6.45) is 5.31. The molecule has 5 nitrogen and oxygen atoms in total. The topological polar surface area (TPSA) is 58.1 Å². The van der Waals surface area contributed by atoms with Crippen LogP contribution in [0.1, 0.15) is 55.1 Å². The highest BCUT2D eigenvalue weighted by atomic mass is 32.1. The van der Waals surface area contributed by atoms with Crippen LogP contribution in [0.25, 0.3) is 0 Å². The van der Waals surface area contributed by atoms with Gasteiger partial charge in [-0.1, -0.05) is 13.8 Å². The molecule has 0 aromatic carbocycles. The zero-order chi connectivity index (χ0) is 16.2. The van der Waals surface area contributed by atoms with Gasteiger partial charge < -0.3 is 4.90 Å². The maximum atomic E-state index is 12.6. The van der Waals surface area contributed by atoms with Crippen LogP contribution in [0, 0.1) is 0 Å². The fourth-order valence-electron chi connectivity index (χ4n) is 2.71. The van der Waals surface area contributed by atoms with E-state index >= 15 is 0 Å². The van der Waals surface area contributed by atoms with Gasteiger partial charge in [0.2, 0.25) is 0 Å². The molecular weight excluding hydrogens is 308 g/mol. The van der Waals surface area contributed by atoms with Gasteiger partial charge >= 0.3 is 0 Å². The molecular formula is C17H22N4OS. The van der Waals surface area contributed by atoms with Gasteiger partial charge in [-0.2, -0.15) is 0 Å². The summed E-state index contributed by atoms with van der Waals surface area (Å²) in [6.45, 7) is 6.12. The maximum Gasteiger partial charge on any atom is 0.261 e. The van der Waals surface area contributed by atoms with E-state index in [0.29, 0.717) is 16.6 Å². The SMILES string of the molecule is CC(C)c1csc(NC(=O)c2cccnc2N2CCCCC2)n1. The first kappa shape index (κ1) is 15.9. The Bertz CT molecular complexity index is 677. The quantitative estimate of drug-likeness (QED) is 0.923. The molecule has 0 unspecified atom stereocenters. The van der Waals surface area contributed by atoms with E-state index in [9.17, 15) is 4.79 Å². The molecule has 122 valence electrons. The molecule has 3 rings (SSSR count). The zero-order valence-corrected chi connectivity index (χ0v) is 14.4. The lowest BCUT2D eigenvalue weighted by Crippen LogP contribution is -2.32. The minimum atomic E-state index is -0.136. The van der Waals surface area contributed by atoms with Gasteiger partial charge in [0.1, 0.15) is 5.82 Å². The number of piperidine rings is 1. The summed E-state index contributed by atoms with van der Waals surface area (Å²) in [5, 5.41) is 5.56. The van der Waals surface area contributed by atoms with E-state index in [2.05, 4.69) is 34.0 Å². The van der Waals surface area contributed by atoms with E-state index in [1.807, 2.05) is 17.5 Å². The zero-order valence-electron chi connectivity index (χ0n) is 13.6. The van der Waals surface area contributed by atoms with Crippen molar-refractivity contribution >= 4 is 28.2 Å². The molecule has 1 amide bonds. The van der Waals surface area contributed by atoms with Gasteiger partial charge in [-0.3, -0.25) is 10.1 Å². The van der Waals surface area contributed by atoms with Crippen molar-refractivity contribution in [2.75, 3.05) is 23.3 Å². The molecule has 23 heavy (non-hydrogen) atoms. The highest BCUT2D eigenvalue weighted by Crippen LogP contribution is 2.25. The van der Waals surface area contributed by atoms with Crippen LogP contribution in [0.2, 0.25) is 0 Å². The Balaban J connectivity index is 1.78. The molecule has 1 N–H and O–H groups in total. The minimum absolute atomic E-state index is 0.136. The number of nitrogens with one attached hydrogen (secondary N) is 1. The molecule has 0 saturated carbocycles. The van der Waals surface area contributed by atoms with Crippen molar-refractivity contribution in [3.63, 3.8) is 0 Å². The Morgan fingerprint density at radius 2 is 2.09 bits per heavy atom. The molecule has 0 bridgehead atoms. The third-order valence-electron chi connectivity index (χ3n) is 4.02. The lowest BCUT2D eigenvalue weighted by molar-refractivity contribution is 0.102. The molecule has 0 radical (unpaired) electrons. The first-order valence-corrected chi connectivity index (χ1v) is 9.00. The summed E-state index contributed by atoms with van der Waals surface area (Å²) >= 11 is 1.47. The van der Waals surface area contributed by atoms with Crippen molar-refractivity contribution < 1.29 is 4.79 Å². The average molecular weight is 330 g/mol. The molecule has 1 aliphatic rings. The Morgan fingerprint density at radius 3 is 2.78 bits per heavy atom. The van der Waals surface area contributed by atoms with Crippen molar-refractivity contribution in [2.24, 2.45) is 0 Å².